The highest BCUT2D eigenvalue weighted by Gasteiger charge is 2.06. The number of aryl methyl sites for hydroxylation is 2. The van der Waals surface area contributed by atoms with Gasteiger partial charge in [0.2, 0.25) is 0 Å². The molecule has 0 unspecified atom stereocenters. The number of rotatable bonds is 8. The minimum atomic E-state index is 0. The zero-order valence-electron chi connectivity index (χ0n) is 16.1. The van der Waals surface area contributed by atoms with Crippen molar-refractivity contribution in [2.45, 2.75) is 33.9 Å². The van der Waals surface area contributed by atoms with E-state index in [2.05, 4.69) is 75.8 Å². The van der Waals surface area contributed by atoms with Gasteiger partial charge < -0.3 is 20.1 Å². The predicted molar refractivity (Wildman–Crippen MR) is 118 cm³/mol. The van der Waals surface area contributed by atoms with Gasteiger partial charge in [0.1, 0.15) is 6.33 Å². The number of halogens is 1. The van der Waals surface area contributed by atoms with E-state index in [1.807, 2.05) is 4.57 Å². The Morgan fingerprint density at radius 3 is 2.73 bits per heavy atom. The van der Waals surface area contributed by atoms with E-state index >= 15 is 0 Å². The van der Waals surface area contributed by atoms with Gasteiger partial charge in [-0.15, -0.1) is 34.2 Å². The van der Waals surface area contributed by atoms with E-state index in [0.29, 0.717) is 6.54 Å². The Hall–Kier alpha value is -1.84. The molecular formula is C18H30IN7. The molecule has 1 aromatic carbocycles. The number of nitrogens with zero attached hydrogens (tertiary/aromatic N) is 5. The Morgan fingerprint density at radius 1 is 1.27 bits per heavy atom. The third kappa shape index (κ3) is 6.47. The summed E-state index contributed by atoms with van der Waals surface area (Å²) in [6.45, 7) is 10.5. The molecule has 2 aromatic rings. The molecular weight excluding hydrogens is 441 g/mol. The van der Waals surface area contributed by atoms with Crippen molar-refractivity contribution < 1.29 is 0 Å². The Labute approximate surface area is 173 Å². The summed E-state index contributed by atoms with van der Waals surface area (Å²) in [6.07, 6.45) is 1.74. The molecule has 2 N–H and O–H groups in total. The number of hydrogen-bond acceptors (Lipinski definition) is 4. The molecule has 1 aromatic heterocycles. The first-order valence-electron chi connectivity index (χ1n) is 8.80. The summed E-state index contributed by atoms with van der Waals surface area (Å²) >= 11 is 0. The first-order chi connectivity index (χ1) is 12.2. The lowest BCUT2D eigenvalue weighted by molar-refractivity contribution is 0.668. The molecule has 0 amide bonds. The van der Waals surface area contributed by atoms with Crippen molar-refractivity contribution in [2.75, 3.05) is 31.6 Å². The second-order valence-electron chi connectivity index (χ2n) is 5.80. The lowest BCUT2D eigenvalue weighted by Crippen LogP contribution is -2.41. The number of benzene rings is 1. The molecule has 0 atom stereocenters. The fraction of sp³-hybridized carbons (Fsp3) is 0.500. The predicted octanol–water partition coefficient (Wildman–Crippen LogP) is 2.42. The highest BCUT2D eigenvalue weighted by molar-refractivity contribution is 14.0. The van der Waals surface area contributed by atoms with E-state index in [1.165, 1.54) is 11.3 Å². The fourth-order valence-corrected chi connectivity index (χ4v) is 2.67. The molecule has 26 heavy (non-hydrogen) atoms. The van der Waals surface area contributed by atoms with Gasteiger partial charge in [0.05, 0.1) is 6.54 Å². The van der Waals surface area contributed by atoms with Crippen molar-refractivity contribution >= 4 is 35.6 Å². The SMILES string of the molecule is CCN(CCNC(=NC)NCc1nncn1CC)c1cccc(C)c1.I. The number of likely N-dealkylation sites (N-methyl/N-ethyl adjacent to an activating group) is 1. The van der Waals surface area contributed by atoms with E-state index in [-0.39, 0.29) is 24.0 Å². The lowest BCUT2D eigenvalue weighted by Gasteiger charge is -2.24. The average Bonchev–Trinajstić information content (AvgIpc) is 3.09. The molecule has 0 bridgehead atoms. The topological polar surface area (TPSA) is 70.4 Å². The van der Waals surface area contributed by atoms with Crippen molar-refractivity contribution in [1.29, 1.82) is 0 Å². The van der Waals surface area contributed by atoms with Gasteiger partial charge in [-0.05, 0) is 38.5 Å². The molecule has 0 spiro atoms. The van der Waals surface area contributed by atoms with Crippen LogP contribution in [0.3, 0.4) is 0 Å². The summed E-state index contributed by atoms with van der Waals surface area (Å²) in [5, 5.41) is 14.7. The zero-order valence-corrected chi connectivity index (χ0v) is 18.4. The Bertz CT molecular complexity index is 684. The molecule has 7 nitrogen and oxygen atoms in total. The Morgan fingerprint density at radius 2 is 2.08 bits per heavy atom. The summed E-state index contributed by atoms with van der Waals surface area (Å²) < 4.78 is 2.01. The maximum absolute atomic E-state index is 4.27. The van der Waals surface area contributed by atoms with Crippen LogP contribution in [0, 0.1) is 6.92 Å². The van der Waals surface area contributed by atoms with Crippen molar-refractivity contribution in [3.05, 3.63) is 42.0 Å². The molecule has 8 heteroatoms. The highest BCUT2D eigenvalue weighted by atomic mass is 127. The van der Waals surface area contributed by atoms with Crippen molar-refractivity contribution in [1.82, 2.24) is 25.4 Å². The van der Waals surface area contributed by atoms with E-state index in [0.717, 1.165) is 38.0 Å². The number of aliphatic imine (C=N–C) groups is 1. The average molecular weight is 471 g/mol. The largest absolute Gasteiger partial charge is 0.370 e. The van der Waals surface area contributed by atoms with Gasteiger partial charge in [-0.3, -0.25) is 4.99 Å². The molecule has 0 aliphatic heterocycles. The van der Waals surface area contributed by atoms with Crippen molar-refractivity contribution in [3.8, 4) is 0 Å². The van der Waals surface area contributed by atoms with Crippen LogP contribution in [0.1, 0.15) is 25.2 Å². The van der Waals surface area contributed by atoms with E-state index < -0.39 is 0 Å². The quantitative estimate of drug-likeness (QED) is 0.352. The van der Waals surface area contributed by atoms with Gasteiger partial charge in [0.15, 0.2) is 11.8 Å². The summed E-state index contributed by atoms with van der Waals surface area (Å²) in [5.41, 5.74) is 2.53. The van der Waals surface area contributed by atoms with Crippen LogP contribution in [0.15, 0.2) is 35.6 Å². The number of nitrogens with one attached hydrogen (secondary N) is 2. The van der Waals surface area contributed by atoms with Gasteiger partial charge >= 0.3 is 0 Å². The third-order valence-corrected chi connectivity index (χ3v) is 4.10. The monoisotopic (exact) mass is 471 g/mol. The van der Waals surface area contributed by atoms with Crippen LogP contribution in [-0.4, -0.2) is 47.4 Å². The Balaban J connectivity index is 0.00000338. The van der Waals surface area contributed by atoms with Crippen LogP contribution < -0.4 is 15.5 Å². The second-order valence-corrected chi connectivity index (χ2v) is 5.80. The van der Waals surface area contributed by atoms with E-state index in [9.17, 15) is 0 Å². The van der Waals surface area contributed by atoms with Gasteiger partial charge in [-0.2, -0.15) is 0 Å². The maximum Gasteiger partial charge on any atom is 0.191 e. The highest BCUT2D eigenvalue weighted by Crippen LogP contribution is 2.14. The number of guanidine groups is 1. The first-order valence-corrected chi connectivity index (χ1v) is 8.80. The summed E-state index contributed by atoms with van der Waals surface area (Å²) in [7, 11) is 1.78. The molecule has 144 valence electrons. The van der Waals surface area contributed by atoms with Crippen LogP contribution in [0.4, 0.5) is 5.69 Å². The molecule has 1 heterocycles. The van der Waals surface area contributed by atoms with Gasteiger partial charge in [0.25, 0.3) is 0 Å². The molecule has 0 aliphatic carbocycles. The number of hydrogen-bond donors (Lipinski definition) is 2. The van der Waals surface area contributed by atoms with Crippen LogP contribution >= 0.6 is 24.0 Å². The minimum absolute atomic E-state index is 0. The standard InChI is InChI=1S/C18H29N7.HI/c1-5-24(16-9-7-8-15(3)12-16)11-10-20-18(19-4)21-13-17-23-22-14-25(17)6-2;/h7-9,12,14H,5-6,10-11,13H2,1-4H3,(H2,19,20,21);1H. The molecule has 0 aliphatic rings. The normalized spacial score (nSPS) is 11.0. The summed E-state index contributed by atoms with van der Waals surface area (Å²) in [4.78, 5) is 6.62. The van der Waals surface area contributed by atoms with Gasteiger partial charge in [-0.1, -0.05) is 12.1 Å². The van der Waals surface area contributed by atoms with Gasteiger partial charge in [-0.25, -0.2) is 0 Å². The zero-order chi connectivity index (χ0) is 18.1. The third-order valence-electron chi connectivity index (χ3n) is 4.10. The second kappa shape index (κ2) is 11.7. The minimum Gasteiger partial charge on any atom is -0.370 e. The molecule has 2 rings (SSSR count). The summed E-state index contributed by atoms with van der Waals surface area (Å²) in [5.74, 6) is 1.67. The van der Waals surface area contributed by atoms with E-state index in [1.54, 1.807) is 13.4 Å². The molecule has 0 saturated carbocycles. The Kier molecular flexibility index (Phi) is 10.0. The maximum atomic E-state index is 4.27. The smallest absolute Gasteiger partial charge is 0.191 e. The van der Waals surface area contributed by atoms with Crippen molar-refractivity contribution in [3.63, 3.8) is 0 Å². The van der Waals surface area contributed by atoms with Crippen molar-refractivity contribution in [2.24, 2.45) is 4.99 Å². The fourth-order valence-electron chi connectivity index (χ4n) is 2.67. The van der Waals surface area contributed by atoms with E-state index in [4.69, 9.17) is 0 Å². The molecule has 0 radical (unpaired) electrons. The molecule has 0 saturated heterocycles. The number of aromatic nitrogens is 3. The number of anilines is 1. The van der Waals surface area contributed by atoms with Crippen LogP contribution in [0.25, 0.3) is 0 Å². The van der Waals surface area contributed by atoms with Crippen LogP contribution in [0.2, 0.25) is 0 Å². The van der Waals surface area contributed by atoms with Crippen LogP contribution in [-0.2, 0) is 13.1 Å². The molecule has 0 fully saturated rings. The lowest BCUT2D eigenvalue weighted by atomic mass is 10.2. The summed E-state index contributed by atoms with van der Waals surface area (Å²) in [6, 6.07) is 8.59. The van der Waals surface area contributed by atoms with Gasteiger partial charge in [0, 0.05) is 38.9 Å². The van der Waals surface area contributed by atoms with Crippen LogP contribution in [0.5, 0.6) is 0 Å². The first kappa shape index (κ1) is 22.2.